The summed E-state index contributed by atoms with van der Waals surface area (Å²) in [6, 6.07) is 11.8. The predicted octanol–water partition coefficient (Wildman–Crippen LogP) is 2.59. The van der Waals surface area contributed by atoms with Crippen LogP contribution in [0.25, 0.3) is 5.69 Å². The second-order valence-corrected chi connectivity index (χ2v) is 4.52. The number of benzene rings is 2. The Balaban J connectivity index is 2.08. The van der Waals surface area contributed by atoms with E-state index in [1.54, 1.807) is 0 Å². The highest BCUT2D eigenvalue weighted by Gasteiger charge is 2.22. The summed E-state index contributed by atoms with van der Waals surface area (Å²) in [5.74, 6) is -1.38. The Bertz CT molecular complexity index is 735. The zero-order chi connectivity index (χ0) is 14.8. The zero-order valence-electron chi connectivity index (χ0n) is 10.9. The first kappa shape index (κ1) is 13.4. The van der Waals surface area contributed by atoms with Gasteiger partial charge < -0.3 is 5.73 Å². The van der Waals surface area contributed by atoms with E-state index in [1.807, 2.05) is 30.3 Å². The quantitative estimate of drug-likeness (QED) is 0.805. The van der Waals surface area contributed by atoms with E-state index < -0.39 is 17.7 Å². The number of hydrogen-bond acceptors (Lipinski definition) is 3. The zero-order valence-corrected chi connectivity index (χ0v) is 10.9. The van der Waals surface area contributed by atoms with Crippen LogP contribution in [-0.2, 0) is 0 Å². The average Bonchev–Trinajstić information content (AvgIpc) is 2.97. The third-order valence-electron chi connectivity index (χ3n) is 3.21. The second-order valence-electron chi connectivity index (χ2n) is 4.52. The molecule has 0 aliphatic carbocycles. The fourth-order valence-corrected chi connectivity index (χ4v) is 2.18. The molecule has 4 nitrogen and oxygen atoms in total. The summed E-state index contributed by atoms with van der Waals surface area (Å²) in [6.45, 7) is 0. The van der Waals surface area contributed by atoms with Crippen LogP contribution in [0.1, 0.15) is 17.3 Å². The molecule has 0 bridgehead atoms. The molecule has 2 aromatic carbocycles. The van der Waals surface area contributed by atoms with Gasteiger partial charge in [-0.1, -0.05) is 29.5 Å². The van der Waals surface area contributed by atoms with Gasteiger partial charge in [0.1, 0.15) is 11.6 Å². The van der Waals surface area contributed by atoms with E-state index in [4.69, 9.17) is 5.73 Å². The number of nitrogens with two attached hydrogens (primary N) is 1. The van der Waals surface area contributed by atoms with Crippen LogP contribution in [-0.4, -0.2) is 15.0 Å². The van der Waals surface area contributed by atoms with Crippen molar-refractivity contribution in [3.8, 4) is 5.69 Å². The van der Waals surface area contributed by atoms with E-state index in [0.717, 1.165) is 5.69 Å². The number of rotatable bonds is 3. The van der Waals surface area contributed by atoms with E-state index in [9.17, 15) is 8.78 Å². The third kappa shape index (κ3) is 2.41. The maximum atomic E-state index is 13.9. The summed E-state index contributed by atoms with van der Waals surface area (Å²) in [5, 5.41) is 7.73. The minimum atomic E-state index is -0.999. The predicted molar refractivity (Wildman–Crippen MR) is 73.7 cm³/mol. The average molecular weight is 286 g/mol. The Hall–Kier alpha value is -2.60. The van der Waals surface area contributed by atoms with Crippen LogP contribution in [0.3, 0.4) is 0 Å². The van der Waals surface area contributed by atoms with Crippen LogP contribution < -0.4 is 5.73 Å². The molecule has 6 heteroatoms. The molecule has 0 saturated heterocycles. The molecule has 0 amide bonds. The summed E-state index contributed by atoms with van der Waals surface area (Å²) >= 11 is 0. The highest BCUT2D eigenvalue weighted by Crippen LogP contribution is 2.25. The smallest absolute Gasteiger partial charge is 0.131 e. The Kier molecular flexibility index (Phi) is 3.45. The van der Waals surface area contributed by atoms with Crippen LogP contribution >= 0.6 is 0 Å². The molecule has 0 fully saturated rings. The summed E-state index contributed by atoms with van der Waals surface area (Å²) < 4.78 is 29.2. The van der Waals surface area contributed by atoms with Crippen molar-refractivity contribution in [3.63, 3.8) is 0 Å². The van der Waals surface area contributed by atoms with Crippen molar-refractivity contribution in [2.24, 2.45) is 5.73 Å². The molecule has 0 aliphatic heterocycles. The maximum absolute atomic E-state index is 13.9. The van der Waals surface area contributed by atoms with E-state index >= 15 is 0 Å². The summed E-state index contributed by atoms with van der Waals surface area (Å²) in [5.41, 5.74) is 6.95. The Morgan fingerprint density at radius 1 is 0.952 bits per heavy atom. The van der Waals surface area contributed by atoms with Gasteiger partial charge in [-0.3, -0.25) is 0 Å². The van der Waals surface area contributed by atoms with Crippen molar-refractivity contribution in [2.75, 3.05) is 0 Å². The van der Waals surface area contributed by atoms with Crippen LogP contribution in [0.15, 0.2) is 54.7 Å². The molecular formula is C15H12F2N4. The molecule has 1 heterocycles. The normalized spacial score (nSPS) is 12.3. The van der Waals surface area contributed by atoms with Gasteiger partial charge in [0.15, 0.2) is 0 Å². The topological polar surface area (TPSA) is 56.7 Å². The largest absolute Gasteiger partial charge is 0.319 e. The Morgan fingerprint density at radius 3 is 2.29 bits per heavy atom. The number of aromatic nitrogens is 3. The lowest BCUT2D eigenvalue weighted by molar-refractivity contribution is 0.537. The first-order valence-electron chi connectivity index (χ1n) is 6.34. The molecule has 0 radical (unpaired) electrons. The van der Waals surface area contributed by atoms with Crippen molar-refractivity contribution in [1.29, 1.82) is 0 Å². The van der Waals surface area contributed by atoms with Crippen molar-refractivity contribution in [2.45, 2.75) is 6.04 Å². The number of para-hydroxylation sites is 1. The number of halogens is 2. The number of hydrogen-bond donors (Lipinski definition) is 1. The molecule has 0 saturated carbocycles. The summed E-state index contributed by atoms with van der Waals surface area (Å²) in [6.07, 6.45) is 1.41. The van der Waals surface area contributed by atoms with Gasteiger partial charge in [0.2, 0.25) is 0 Å². The lowest BCUT2D eigenvalue weighted by Crippen LogP contribution is -2.19. The summed E-state index contributed by atoms with van der Waals surface area (Å²) in [7, 11) is 0. The van der Waals surface area contributed by atoms with E-state index in [-0.39, 0.29) is 5.56 Å². The highest BCUT2D eigenvalue weighted by molar-refractivity contribution is 5.36. The highest BCUT2D eigenvalue weighted by atomic mass is 19.1. The molecule has 1 atom stereocenters. The lowest BCUT2D eigenvalue weighted by atomic mass is 10.0. The van der Waals surface area contributed by atoms with Gasteiger partial charge in [0, 0.05) is 5.56 Å². The minimum Gasteiger partial charge on any atom is -0.319 e. The Labute approximate surface area is 119 Å². The molecule has 0 spiro atoms. The third-order valence-corrected chi connectivity index (χ3v) is 3.21. The monoisotopic (exact) mass is 286 g/mol. The van der Waals surface area contributed by atoms with E-state index in [0.29, 0.717) is 5.69 Å². The van der Waals surface area contributed by atoms with Crippen LogP contribution in [0, 0.1) is 11.6 Å². The number of nitrogens with zero attached hydrogens (tertiary/aromatic N) is 3. The van der Waals surface area contributed by atoms with Gasteiger partial charge in [-0.05, 0) is 24.3 Å². The van der Waals surface area contributed by atoms with Gasteiger partial charge in [-0.15, -0.1) is 5.10 Å². The van der Waals surface area contributed by atoms with Gasteiger partial charge in [0.05, 0.1) is 23.6 Å². The standard InChI is InChI=1S/C15H12F2N4/c16-11-7-4-8-12(17)14(11)15(18)13-9-19-20-21(13)10-5-2-1-3-6-10/h1-9,15H,18H2. The molecule has 21 heavy (non-hydrogen) atoms. The van der Waals surface area contributed by atoms with Crippen LogP contribution in [0.5, 0.6) is 0 Å². The first-order chi connectivity index (χ1) is 10.2. The molecular weight excluding hydrogens is 274 g/mol. The van der Waals surface area contributed by atoms with Gasteiger partial charge in [-0.25, -0.2) is 13.5 Å². The molecule has 3 rings (SSSR count). The minimum absolute atomic E-state index is 0.197. The molecule has 0 aliphatic rings. The van der Waals surface area contributed by atoms with E-state index in [1.165, 1.54) is 29.1 Å². The van der Waals surface area contributed by atoms with Crippen molar-refractivity contribution < 1.29 is 8.78 Å². The first-order valence-corrected chi connectivity index (χ1v) is 6.34. The fourth-order valence-electron chi connectivity index (χ4n) is 2.18. The van der Waals surface area contributed by atoms with Gasteiger partial charge >= 0.3 is 0 Å². The van der Waals surface area contributed by atoms with Crippen molar-refractivity contribution in [3.05, 3.63) is 77.6 Å². The molecule has 2 N–H and O–H groups in total. The summed E-state index contributed by atoms with van der Waals surface area (Å²) in [4.78, 5) is 0. The molecule has 3 aromatic rings. The van der Waals surface area contributed by atoms with Gasteiger partial charge in [0.25, 0.3) is 0 Å². The fraction of sp³-hybridized carbons (Fsp3) is 0.0667. The molecule has 1 unspecified atom stereocenters. The van der Waals surface area contributed by atoms with E-state index in [2.05, 4.69) is 10.3 Å². The SMILES string of the molecule is NC(c1c(F)cccc1F)c1cnnn1-c1ccccc1. The van der Waals surface area contributed by atoms with Crippen molar-refractivity contribution in [1.82, 2.24) is 15.0 Å². The van der Waals surface area contributed by atoms with Gasteiger partial charge in [-0.2, -0.15) is 0 Å². The molecule has 106 valence electrons. The molecule has 1 aromatic heterocycles. The Morgan fingerprint density at radius 2 is 1.62 bits per heavy atom. The van der Waals surface area contributed by atoms with Crippen LogP contribution in [0.4, 0.5) is 8.78 Å². The lowest BCUT2D eigenvalue weighted by Gasteiger charge is -2.15. The maximum Gasteiger partial charge on any atom is 0.131 e. The second kappa shape index (κ2) is 5.41. The van der Waals surface area contributed by atoms with Crippen molar-refractivity contribution >= 4 is 0 Å². The van der Waals surface area contributed by atoms with Crippen LogP contribution in [0.2, 0.25) is 0 Å².